The molecule has 2 fully saturated rings. The summed E-state index contributed by atoms with van der Waals surface area (Å²) in [6, 6.07) is 0. The minimum absolute atomic E-state index is 0.342. The van der Waals surface area contributed by atoms with Gasteiger partial charge >= 0.3 is 0 Å². The minimum Gasteiger partial charge on any atom is -0.365 e. The lowest BCUT2D eigenvalue weighted by atomic mass is 9.82. The maximum atomic E-state index is 5.75. The van der Waals surface area contributed by atoms with Gasteiger partial charge in [0.1, 0.15) is 5.60 Å². The first kappa shape index (κ1) is 12.2. The lowest BCUT2D eigenvalue weighted by molar-refractivity contribution is -0.00937. The van der Waals surface area contributed by atoms with Crippen LogP contribution in [0.3, 0.4) is 0 Å². The van der Waals surface area contributed by atoms with E-state index in [0.29, 0.717) is 11.8 Å². The molecule has 3 unspecified atom stereocenters. The number of nitrogens with zero attached hydrogens (tertiary/aromatic N) is 2. The van der Waals surface area contributed by atoms with E-state index in [1.54, 1.807) is 0 Å². The fourth-order valence-corrected chi connectivity index (χ4v) is 3.23. The Morgan fingerprint density at radius 1 is 1.28 bits per heavy atom. The molecule has 0 aromatic carbocycles. The van der Waals surface area contributed by atoms with Gasteiger partial charge in [0, 0.05) is 12.5 Å². The van der Waals surface area contributed by atoms with Crippen molar-refractivity contribution < 1.29 is 9.26 Å². The fraction of sp³-hybridized carbons (Fsp3) is 0.857. The summed E-state index contributed by atoms with van der Waals surface area (Å²) >= 11 is 0. The Labute approximate surface area is 108 Å². The highest BCUT2D eigenvalue weighted by atomic mass is 16.5. The SMILES string of the molecule is CC1CCCC(c2noc(C3(C)CCCO3)n2)C1. The molecule has 0 spiro atoms. The van der Waals surface area contributed by atoms with E-state index >= 15 is 0 Å². The molecule has 1 saturated carbocycles. The van der Waals surface area contributed by atoms with Crippen molar-refractivity contribution in [2.45, 2.75) is 63.9 Å². The van der Waals surface area contributed by atoms with Gasteiger partial charge in [0.15, 0.2) is 5.82 Å². The normalized spacial score (nSPS) is 37.0. The van der Waals surface area contributed by atoms with Gasteiger partial charge in [-0.1, -0.05) is 24.9 Å². The highest BCUT2D eigenvalue weighted by Gasteiger charge is 2.38. The lowest BCUT2D eigenvalue weighted by Crippen LogP contribution is -2.20. The predicted octanol–water partition coefficient (Wildman–Crippen LogP) is 3.39. The summed E-state index contributed by atoms with van der Waals surface area (Å²) in [7, 11) is 0. The maximum Gasteiger partial charge on any atom is 0.258 e. The molecule has 4 heteroatoms. The molecule has 3 atom stereocenters. The standard InChI is InChI=1S/C14H22N2O2/c1-10-5-3-6-11(9-10)12-15-13(18-16-12)14(2)7-4-8-17-14/h10-11H,3-9H2,1-2H3. The van der Waals surface area contributed by atoms with Crippen LogP contribution in [0, 0.1) is 5.92 Å². The second kappa shape index (κ2) is 4.65. The van der Waals surface area contributed by atoms with Crippen LogP contribution in [0.5, 0.6) is 0 Å². The summed E-state index contributed by atoms with van der Waals surface area (Å²) in [5.41, 5.74) is -0.342. The second-order valence-electron chi connectivity index (χ2n) is 6.11. The van der Waals surface area contributed by atoms with Crippen LogP contribution in [0.4, 0.5) is 0 Å². The molecule has 2 aliphatic rings. The van der Waals surface area contributed by atoms with E-state index in [1.165, 1.54) is 25.7 Å². The highest BCUT2D eigenvalue weighted by Crippen LogP contribution is 2.38. The molecule has 1 aromatic heterocycles. The Morgan fingerprint density at radius 2 is 2.17 bits per heavy atom. The quantitative estimate of drug-likeness (QED) is 0.807. The van der Waals surface area contributed by atoms with Gasteiger partial charge in [-0.05, 0) is 38.5 Å². The molecule has 100 valence electrons. The first-order chi connectivity index (χ1) is 8.67. The number of hydrogen-bond acceptors (Lipinski definition) is 4. The number of aromatic nitrogens is 2. The molecule has 4 nitrogen and oxygen atoms in total. The molecule has 1 aliphatic heterocycles. The monoisotopic (exact) mass is 250 g/mol. The molecular formula is C14H22N2O2. The topological polar surface area (TPSA) is 48.2 Å². The Kier molecular flexibility index (Phi) is 3.14. The van der Waals surface area contributed by atoms with E-state index < -0.39 is 0 Å². The molecule has 2 heterocycles. The molecule has 3 rings (SSSR count). The average molecular weight is 250 g/mol. The molecular weight excluding hydrogens is 228 g/mol. The van der Waals surface area contributed by atoms with Gasteiger partial charge in [-0.15, -0.1) is 0 Å². The molecule has 18 heavy (non-hydrogen) atoms. The lowest BCUT2D eigenvalue weighted by Gasteiger charge is -2.24. The van der Waals surface area contributed by atoms with Crippen LogP contribution in [-0.4, -0.2) is 16.7 Å². The highest BCUT2D eigenvalue weighted by molar-refractivity contribution is 5.04. The third kappa shape index (κ3) is 2.18. The van der Waals surface area contributed by atoms with Gasteiger partial charge in [0.25, 0.3) is 5.89 Å². The van der Waals surface area contributed by atoms with Crippen LogP contribution in [0.2, 0.25) is 0 Å². The summed E-state index contributed by atoms with van der Waals surface area (Å²) in [6.07, 6.45) is 7.06. The molecule has 0 radical (unpaired) electrons. The first-order valence-corrected chi connectivity index (χ1v) is 7.15. The van der Waals surface area contributed by atoms with Gasteiger partial charge in [-0.3, -0.25) is 0 Å². The first-order valence-electron chi connectivity index (χ1n) is 7.15. The van der Waals surface area contributed by atoms with E-state index in [-0.39, 0.29) is 5.60 Å². The third-order valence-corrected chi connectivity index (χ3v) is 4.41. The van der Waals surface area contributed by atoms with Crippen molar-refractivity contribution in [1.29, 1.82) is 0 Å². The van der Waals surface area contributed by atoms with Gasteiger partial charge < -0.3 is 9.26 Å². The number of rotatable bonds is 2. The smallest absolute Gasteiger partial charge is 0.258 e. The minimum atomic E-state index is -0.342. The molecule has 1 saturated heterocycles. The Morgan fingerprint density at radius 3 is 2.89 bits per heavy atom. The van der Waals surface area contributed by atoms with Crippen molar-refractivity contribution in [3.63, 3.8) is 0 Å². The van der Waals surface area contributed by atoms with E-state index in [4.69, 9.17) is 9.26 Å². The van der Waals surface area contributed by atoms with Gasteiger partial charge in [0.05, 0.1) is 0 Å². The van der Waals surface area contributed by atoms with E-state index in [2.05, 4.69) is 24.0 Å². The summed E-state index contributed by atoms with van der Waals surface area (Å²) in [5.74, 6) is 2.83. The van der Waals surface area contributed by atoms with Crippen LogP contribution in [0.15, 0.2) is 4.52 Å². The molecule has 0 N–H and O–H groups in total. The van der Waals surface area contributed by atoms with Gasteiger partial charge in [-0.2, -0.15) is 4.98 Å². The van der Waals surface area contributed by atoms with Crippen molar-refractivity contribution in [2.24, 2.45) is 5.92 Å². The summed E-state index contributed by atoms with van der Waals surface area (Å²) in [6.45, 7) is 5.17. The van der Waals surface area contributed by atoms with E-state index in [0.717, 1.165) is 31.2 Å². The van der Waals surface area contributed by atoms with Crippen LogP contribution < -0.4 is 0 Å². The van der Waals surface area contributed by atoms with Crippen molar-refractivity contribution in [2.75, 3.05) is 6.61 Å². The third-order valence-electron chi connectivity index (χ3n) is 4.41. The number of ether oxygens (including phenoxy) is 1. The molecule has 0 bridgehead atoms. The average Bonchev–Trinajstić information content (AvgIpc) is 2.98. The fourth-order valence-electron chi connectivity index (χ4n) is 3.23. The summed E-state index contributed by atoms with van der Waals surface area (Å²) in [4.78, 5) is 4.62. The zero-order valence-corrected chi connectivity index (χ0v) is 11.3. The molecule has 0 amide bonds. The van der Waals surface area contributed by atoms with Crippen LogP contribution in [0.1, 0.15) is 70.0 Å². The van der Waals surface area contributed by atoms with E-state index in [1.807, 2.05) is 0 Å². The van der Waals surface area contributed by atoms with Gasteiger partial charge in [-0.25, -0.2) is 0 Å². The maximum absolute atomic E-state index is 5.75. The van der Waals surface area contributed by atoms with Crippen LogP contribution >= 0.6 is 0 Å². The largest absolute Gasteiger partial charge is 0.365 e. The number of hydrogen-bond donors (Lipinski definition) is 0. The Bertz CT molecular complexity index is 410. The zero-order chi connectivity index (χ0) is 12.6. The van der Waals surface area contributed by atoms with Crippen LogP contribution in [0.25, 0.3) is 0 Å². The van der Waals surface area contributed by atoms with Gasteiger partial charge in [0.2, 0.25) is 0 Å². The van der Waals surface area contributed by atoms with Crippen LogP contribution in [-0.2, 0) is 10.3 Å². The second-order valence-corrected chi connectivity index (χ2v) is 6.11. The van der Waals surface area contributed by atoms with E-state index in [9.17, 15) is 0 Å². The van der Waals surface area contributed by atoms with Crippen molar-refractivity contribution in [1.82, 2.24) is 10.1 Å². The van der Waals surface area contributed by atoms with Crippen molar-refractivity contribution >= 4 is 0 Å². The Balaban J connectivity index is 1.76. The zero-order valence-electron chi connectivity index (χ0n) is 11.3. The molecule has 1 aliphatic carbocycles. The Hall–Kier alpha value is -0.900. The summed E-state index contributed by atoms with van der Waals surface area (Å²) < 4.78 is 11.2. The summed E-state index contributed by atoms with van der Waals surface area (Å²) in [5, 5.41) is 4.20. The predicted molar refractivity (Wildman–Crippen MR) is 67.2 cm³/mol. The van der Waals surface area contributed by atoms with Crippen molar-refractivity contribution in [3.05, 3.63) is 11.7 Å². The molecule has 1 aromatic rings. The van der Waals surface area contributed by atoms with Crippen molar-refractivity contribution in [3.8, 4) is 0 Å².